The molecule has 2 aliphatic carbocycles. The van der Waals surface area contributed by atoms with E-state index in [0.717, 1.165) is 32.0 Å². The van der Waals surface area contributed by atoms with Gasteiger partial charge in [-0.1, -0.05) is 0 Å². The van der Waals surface area contributed by atoms with Crippen LogP contribution >= 0.6 is 0 Å². The summed E-state index contributed by atoms with van der Waals surface area (Å²) in [6.45, 7) is 1.62. The van der Waals surface area contributed by atoms with Crippen LogP contribution in [0.15, 0.2) is 0 Å². The van der Waals surface area contributed by atoms with Crippen LogP contribution in [-0.2, 0) is 9.47 Å². The van der Waals surface area contributed by atoms with Gasteiger partial charge in [0.05, 0.1) is 13.2 Å². The van der Waals surface area contributed by atoms with E-state index in [-0.39, 0.29) is 57.2 Å². The van der Waals surface area contributed by atoms with Gasteiger partial charge in [-0.2, -0.15) is 12.3 Å². The second-order valence-corrected chi connectivity index (χ2v) is 3.87. The molecule has 1 heterocycles. The van der Waals surface area contributed by atoms with Crippen molar-refractivity contribution in [2.45, 2.75) is 31.5 Å². The zero-order valence-electron chi connectivity index (χ0n) is 7.64. The van der Waals surface area contributed by atoms with E-state index in [2.05, 4.69) is 0 Å². The summed E-state index contributed by atoms with van der Waals surface area (Å²) in [6.07, 6.45) is 4.86. The minimum Gasteiger partial charge on any atom is -0.348 e. The number of ether oxygens (including phenoxy) is 2. The molecule has 3 aliphatic rings. The fraction of sp³-hybridized carbons (Fsp3) is 0.889. The summed E-state index contributed by atoms with van der Waals surface area (Å²) in [5, 5.41) is 0. The first-order valence-corrected chi connectivity index (χ1v) is 4.50. The Kier molecular flexibility index (Phi) is 3.03. The molecule has 0 aromatic rings. The first-order valence-electron chi connectivity index (χ1n) is 4.50. The minimum absolute atomic E-state index is 0. The molecule has 2 nitrogen and oxygen atoms in total. The monoisotopic (exact) mass is 192 g/mol. The number of rotatable bonds is 0. The van der Waals surface area contributed by atoms with Crippen molar-refractivity contribution in [3.8, 4) is 0 Å². The van der Waals surface area contributed by atoms with Gasteiger partial charge < -0.3 is 15.4 Å². The second-order valence-electron chi connectivity index (χ2n) is 3.87. The fourth-order valence-corrected chi connectivity index (χ4v) is 2.37. The molecule has 12 heavy (non-hydrogen) atoms. The van der Waals surface area contributed by atoms with Gasteiger partial charge in [0.25, 0.3) is 0 Å². The smallest absolute Gasteiger partial charge is 0.348 e. The van der Waals surface area contributed by atoms with Crippen molar-refractivity contribution in [2.24, 2.45) is 5.92 Å². The molecule has 1 unspecified atom stereocenters. The molecule has 1 spiro atoms. The Morgan fingerprint density at radius 2 is 2.00 bits per heavy atom. The zero-order chi connectivity index (χ0) is 7.31. The average Bonchev–Trinajstić information content (AvgIpc) is 2.63. The summed E-state index contributed by atoms with van der Waals surface area (Å²) >= 11 is 0. The molecular formula is C9H13KO2. The van der Waals surface area contributed by atoms with E-state index < -0.39 is 0 Å². The van der Waals surface area contributed by atoms with Crippen LogP contribution in [0, 0.1) is 11.8 Å². The molecule has 0 radical (unpaired) electrons. The van der Waals surface area contributed by atoms with Crippen LogP contribution < -0.4 is 51.4 Å². The Bertz CT molecular complexity index is 177. The van der Waals surface area contributed by atoms with E-state index in [1.54, 1.807) is 5.92 Å². The molecule has 1 atom stereocenters. The Morgan fingerprint density at radius 3 is 2.67 bits per heavy atom. The van der Waals surface area contributed by atoms with E-state index in [0.29, 0.717) is 0 Å². The van der Waals surface area contributed by atoms with E-state index in [1.807, 2.05) is 0 Å². The summed E-state index contributed by atoms with van der Waals surface area (Å²) in [7, 11) is 0. The number of hydrogen-bond donors (Lipinski definition) is 0. The maximum Gasteiger partial charge on any atom is 1.00 e. The van der Waals surface area contributed by atoms with Crippen molar-refractivity contribution in [3.63, 3.8) is 0 Å². The SMILES string of the molecule is C1COC2(CC[C-]3CC3C2)O1.[K+]. The van der Waals surface area contributed by atoms with Crippen LogP contribution in [0.2, 0.25) is 0 Å². The van der Waals surface area contributed by atoms with Gasteiger partial charge in [-0.3, -0.25) is 0 Å². The molecule has 3 rings (SSSR count). The summed E-state index contributed by atoms with van der Waals surface area (Å²) in [4.78, 5) is 0. The maximum atomic E-state index is 5.64. The fourth-order valence-electron chi connectivity index (χ4n) is 2.37. The van der Waals surface area contributed by atoms with Crippen LogP contribution in [0.5, 0.6) is 0 Å². The molecule has 0 aromatic heterocycles. The predicted molar refractivity (Wildman–Crippen MR) is 39.8 cm³/mol. The third kappa shape index (κ3) is 1.70. The predicted octanol–water partition coefficient (Wildman–Crippen LogP) is -1.49. The first-order chi connectivity index (χ1) is 5.38. The van der Waals surface area contributed by atoms with E-state index in [9.17, 15) is 0 Å². The summed E-state index contributed by atoms with van der Waals surface area (Å²) in [5.74, 6) is 2.49. The third-order valence-corrected chi connectivity index (χ3v) is 3.12. The van der Waals surface area contributed by atoms with Gasteiger partial charge in [0.2, 0.25) is 0 Å². The molecule has 3 heteroatoms. The van der Waals surface area contributed by atoms with Crippen LogP contribution in [0.1, 0.15) is 25.7 Å². The normalized spacial score (nSPS) is 37.5. The summed E-state index contributed by atoms with van der Waals surface area (Å²) in [6, 6.07) is 0. The minimum atomic E-state index is -0.134. The summed E-state index contributed by atoms with van der Waals surface area (Å²) < 4.78 is 11.3. The van der Waals surface area contributed by atoms with E-state index in [4.69, 9.17) is 9.47 Å². The Labute approximate surface area is 116 Å². The van der Waals surface area contributed by atoms with Crippen molar-refractivity contribution >= 4 is 0 Å². The average molecular weight is 192 g/mol. The van der Waals surface area contributed by atoms with Gasteiger partial charge in [-0.05, 0) is 12.8 Å². The molecule has 0 N–H and O–H groups in total. The van der Waals surface area contributed by atoms with E-state index >= 15 is 0 Å². The molecule has 3 fully saturated rings. The van der Waals surface area contributed by atoms with Gasteiger partial charge in [-0.25, -0.2) is 6.42 Å². The van der Waals surface area contributed by atoms with Crippen molar-refractivity contribution < 1.29 is 60.9 Å². The number of fused-ring (bicyclic) bond motifs is 1. The molecule has 1 saturated heterocycles. The van der Waals surface area contributed by atoms with Crippen molar-refractivity contribution in [3.05, 3.63) is 5.92 Å². The summed E-state index contributed by atoms with van der Waals surface area (Å²) in [5.41, 5.74) is 0. The molecule has 2 saturated carbocycles. The van der Waals surface area contributed by atoms with Crippen LogP contribution in [0.3, 0.4) is 0 Å². The van der Waals surface area contributed by atoms with E-state index in [1.165, 1.54) is 12.8 Å². The number of hydrogen-bond acceptors (Lipinski definition) is 2. The zero-order valence-corrected chi connectivity index (χ0v) is 10.8. The molecule has 0 bridgehead atoms. The second kappa shape index (κ2) is 3.61. The van der Waals surface area contributed by atoms with Gasteiger partial charge in [0.15, 0.2) is 5.79 Å². The first kappa shape index (κ1) is 10.1. The largest absolute Gasteiger partial charge is 1.00 e. The molecule has 62 valence electrons. The van der Waals surface area contributed by atoms with Gasteiger partial charge in [-0.15, -0.1) is 0 Å². The Balaban J connectivity index is 0.000000563. The third-order valence-electron chi connectivity index (χ3n) is 3.12. The van der Waals surface area contributed by atoms with Gasteiger partial charge >= 0.3 is 51.4 Å². The Morgan fingerprint density at radius 1 is 1.25 bits per heavy atom. The van der Waals surface area contributed by atoms with Crippen LogP contribution in [0.4, 0.5) is 0 Å². The molecule has 0 amide bonds. The van der Waals surface area contributed by atoms with Crippen molar-refractivity contribution in [1.82, 2.24) is 0 Å². The van der Waals surface area contributed by atoms with Crippen molar-refractivity contribution in [1.29, 1.82) is 0 Å². The standard InChI is InChI=1S/C9H13O2.K/c1-2-9(10-3-4-11-9)6-8-5-7(1)8;/h8H,1-6H2;/q-1;+1. The topological polar surface area (TPSA) is 18.5 Å². The quantitative estimate of drug-likeness (QED) is 0.344. The van der Waals surface area contributed by atoms with Gasteiger partial charge in [0, 0.05) is 0 Å². The van der Waals surface area contributed by atoms with Crippen LogP contribution in [-0.4, -0.2) is 19.0 Å². The molecule has 1 aliphatic heterocycles. The Hall–Kier alpha value is 1.56. The maximum absolute atomic E-state index is 5.64. The van der Waals surface area contributed by atoms with Crippen molar-refractivity contribution in [2.75, 3.05) is 13.2 Å². The molecule has 0 aromatic carbocycles. The van der Waals surface area contributed by atoms with Gasteiger partial charge in [0.1, 0.15) is 0 Å². The van der Waals surface area contributed by atoms with Crippen LogP contribution in [0.25, 0.3) is 0 Å². The molecular weight excluding hydrogens is 179 g/mol.